The van der Waals surface area contributed by atoms with Crippen LogP contribution in [0.2, 0.25) is 0 Å². The number of hydrogen-bond acceptors (Lipinski definition) is 4. The number of carbonyl (C=O) groups excluding carboxylic acids is 2. The number of piperidine rings is 2. The van der Waals surface area contributed by atoms with Crippen molar-refractivity contribution >= 4 is 22.8 Å². The van der Waals surface area contributed by atoms with Gasteiger partial charge < -0.3 is 20.0 Å². The van der Waals surface area contributed by atoms with Crippen LogP contribution in [0.25, 0.3) is 11.0 Å². The Hall–Kier alpha value is -2.34. The van der Waals surface area contributed by atoms with E-state index in [1.165, 1.54) is 0 Å². The average Bonchev–Trinajstić information content (AvgIpc) is 3.14. The summed E-state index contributed by atoms with van der Waals surface area (Å²) in [4.78, 5) is 29.2. The Labute approximate surface area is 152 Å². The number of rotatable bonds is 4. The minimum Gasteiger partial charge on any atom is -0.464 e. The number of carbonyl (C=O) groups is 2. The van der Waals surface area contributed by atoms with E-state index in [0.717, 1.165) is 43.3 Å². The Balaban J connectivity index is 1.47. The van der Waals surface area contributed by atoms with Gasteiger partial charge in [-0.3, -0.25) is 9.59 Å². The summed E-state index contributed by atoms with van der Waals surface area (Å²) in [5.41, 5.74) is 7.11. The molecule has 4 rings (SSSR count). The van der Waals surface area contributed by atoms with Crippen LogP contribution in [0.5, 0.6) is 0 Å². The maximum Gasteiger partial charge on any atom is 0.253 e. The van der Waals surface area contributed by atoms with Crippen molar-refractivity contribution in [1.29, 1.82) is 0 Å². The van der Waals surface area contributed by atoms with Gasteiger partial charge >= 0.3 is 0 Å². The molecule has 1 aromatic heterocycles. The number of fused-ring (bicyclic) bond motifs is 2. The molecule has 2 saturated heterocycles. The second kappa shape index (κ2) is 7.11. The van der Waals surface area contributed by atoms with Gasteiger partial charge in [-0.2, -0.15) is 0 Å². The summed E-state index contributed by atoms with van der Waals surface area (Å²) in [6.45, 7) is 2.75. The molecule has 0 unspecified atom stereocenters. The van der Waals surface area contributed by atoms with Gasteiger partial charge in [0.15, 0.2) is 0 Å². The second-order valence-electron chi connectivity index (χ2n) is 7.31. The molecule has 2 atom stereocenters. The summed E-state index contributed by atoms with van der Waals surface area (Å²) < 4.78 is 5.35. The Kier molecular flexibility index (Phi) is 4.68. The van der Waals surface area contributed by atoms with Gasteiger partial charge in [0.05, 0.1) is 6.26 Å². The van der Waals surface area contributed by atoms with Crippen molar-refractivity contribution in [3.63, 3.8) is 0 Å². The highest BCUT2D eigenvalue weighted by atomic mass is 16.3. The van der Waals surface area contributed by atoms with Crippen LogP contribution in [-0.4, -0.2) is 53.8 Å². The lowest BCUT2D eigenvalue weighted by Crippen LogP contribution is -2.57. The van der Waals surface area contributed by atoms with Crippen LogP contribution >= 0.6 is 0 Å². The molecule has 2 fully saturated rings. The lowest BCUT2D eigenvalue weighted by molar-refractivity contribution is -0.140. The highest BCUT2D eigenvalue weighted by Crippen LogP contribution is 2.32. The highest BCUT2D eigenvalue weighted by Gasteiger charge is 2.40. The molecule has 0 bridgehead atoms. The van der Waals surface area contributed by atoms with Crippen molar-refractivity contribution in [3.05, 3.63) is 36.1 Å². The standard InChI is InChI=1S/C20H25N3O3/c21-8-1-9-23-17-6-10-22(13-16(17)3-5-19(23)24)20(25)15-2-4-18-14(12-15)7-11-26-18/h2,4,7,11-12,16-17H,1,3,5-6,8-10,13,21H2/t16-,17+/m0/s1. The first-order valence-electron chi connectivity index (χ1n) is 9.43. The van der Waals surface area contributed by atoms with Gasteiger partial charge in [-0.05, 0) is 56.0 Å². The van der Waals surface area contributed by atoms with E-state index in [9.17, 15) is 9.59 Å². The zero-order valence-electron chi connectivity index (χ0n) is 14.9. The largest absolute Gasteiger partial charge is 0.464 e. The molecule has 0 spiro atoms. The Morgan fingerprint density at radius 2 is 2.15 bits per heavy atom. The molecule has 0 saturated carbocycles. The number of amides is 2. The molecule has 26 heavy (non-hydrogen) atoms. The fraction of sp³-hybridized carbons (Fsp3) is 0.500. The zero-order chi connectivity index (χ0) is 18.1. The van der Waals surface area contributed by atoms with Crippen molar-refractivity contribution in [2.24, 2.45) is 11.7 Å². The molecule has 2 N–H and O–H groups in total. The van der Waals surface area contributed by atoms with Gasteiger partial charge in [0, 0.05) is 43.0 Å². The molecular formula is C20H25N3O3. The first-order chi connectivity index (χ1) is 12.7. The normalized spacial score (nSPS) is 23.3. The molecule has 2 amide bonds. The molecule has 2 aliphatic heterocycles. The van der Waals surface area contributed by atoms with Crippen LogP contribution in [0.3, 0.4) is 0 Å². The smallest absolute Gasteiger partial charge is 0.253 e. The third-order valence-electron chi connectivity index (χ3n) is 5.73. The molecule has 6 heteroatoms. The molecule has 2 aliphatic rings. The summed E-state index contributed by atoms with van der Waals surface area (Å²) in [6.07, 6.45) is 4.77. The van der Waals surface area contributed by atoms with Crippen LogP contribution in [-0.2, 0) is 4.79 Å². The first kappa shape index (κ1) is 17.1. The predicted octanol–water partition coefficient (Wildman–Crippen LogP) is 2.23. The van der Waals surface area contributed by atoms with E-state index in [1.807, 2.05) is 34.1 Å². The van der Waals surface area contributed by atoms with E-state index < -0.39 is 0 Å². The SMILES string of the molecule is NCCCN1C(=O)CC[C@H]2CN(C(=O)c3ccc4occc4c3)CC[C@H]21. The number of nitrogens with zero attached hydrogens (tertiary/aromatic N) is 2. The van der Waals surface area contributed by atoms with E-state index >= 15 is 0 Å². The average molecular weight is 355 g/mol. The Morgan fingerprint density at radius 3 is 3.00 bits per heavy atom. The number of nitrogens with two attached hydrogens (primary N) is 1. The quantitative estimate of drug-likeness (QED) is 0.912. The minimum absolute atomic E-state index is 0.0666. The van der Waals surface area contributed by atoms with Crippen LogP contribution in [0.15, 0.2) is 34.9 Å². The van der Waals surface area contributed by atoms with Crippen molar-refractivity contribution in [3.8, 4) is 0 Å². The first-order valence-corrected chi connectivity index (χ1v) is 9.43. The fourth-order valence-corrected chi connectivity index (χ4v) is 4.37. The third kappa shape index (κ3) is 3.09. The van der Waals surface area contributed by atoms with E-state index in [4.69, 9.17) is 10.2 Å². The minimum atomic E-state index is 0.0666. The fourth-order valence-electron chi connectivity index (χ4n) is 4.37. The van der Waals surface area contributed by atoms with Crippen molar-refractivity contribution in [2.75, 3.05) is 26.2 Å². The van der Waals surface area contributed by atoms with E-state index in [2.05, 4.69) is 0 Å². The van der Waals surface area contributed by atoms with Gasteiger partial charge in [-0.25, -0.2) is 0 Å². The number of benzene rings is 1. The maximum absolute atomic E-state index is 13.0. The highest BCUT2D eigenvalue weighted by molar-refractivity contribution is 5.97. The second-order valence-corrected chi connectivity index (χ2v) is 7.31. The monoisotopic (exact) mass is 355 g/mol. The van der Waals surface area contributed by atoms with Crippen molar-refractivity contribution in [1.82, 2.24) is 9.80 Å². The van der Waals surface area contributed by atoms with Crippen LogP contribution in [0, 0.1) is 5.92 Å². The van der Waals surface area contributed by atoms with Gasteiger partial charge in [-0.1, -0.05) is 0 Å². The molecule has 0 aliphatic carbocycles. The summed E-state index contributed by atoms with van der Waals surface area (Å²) in [6, 6.07) is 7.70. The summed E-state index contributed by atoms with van der Waals surface area (Å²) in [5.74, 6) is 0.669. The van der Waals surface area contributed by atoms with Gasteiger partial charge in [0.2, 0.25) is 5.91 Å². The van der Waals surface area contributed by atoms with Gasteiger partial charge in [0.1, 0.15) is 5.58 Å². The molecule has 2 aromatic rings. The van der Waals surface area contributed by atoms with E-state index in [1.54, 1.807) is 6.26 Å². The molecule has 138 valence electrons. The number of likely N-dealkylation sites (tertiary alicyclic amines) is 2. The lowest BCUT2D eigenvalue weighted by Gasteiger charge is -2.47. The number of furan rings is 1. The summed E-state index contributed by atoms with van der Waals surface area (Å²) in [7, 11) is 0. The molecule has 3 heterocycles. The van der Waals surface area contributed by atoms with E-state index in [-0.39, 0.29) is 17.9 Å². The van der Waals surface area contributed by atoms with Crippen LogP contribution < -0.4 is 5.73 Å². The molecule has 0 radical (unpaired) electrons. The predicted molar refractivity (Wildman–Crippen MR) is 98.6 cm³/mol. The van der Waals surface area contributed by atoms with Gasteiger partial charge in [-0.15, -0.1) is 0 Å². The number of hydrogen-bond donors (Lipinski definition) is 1. The third-order valence-corrected chi connectivity index (χ3v) is 5.73. The molecule has 1 aromatic carbocycles. The maximum atomic E-state index is 13.0. The Morgan fingerprint density at radius 1 is 1.27 bits per heavy atom. The zero-order valence-corrected chi connectivity index (χ0v) is 14.9. The molecule has 6 nitrogen and oxygen atoms in total. The van der Waals surface area contributed by atoms with Crippen LogP contribution in [0.1, 0.15) is 36.0 Å². The summed E-state index contributed by atoms with van der Waals surface area (Å²) >= 11 is 0. The van der Waals surface area contributed by atoms with Crippen LogP contribution in [0.4, 0.5) is 0 Å². The van der Waals surface area contributed by atoms with Gasteiger partial charge in [0.25, 0.3) is 5.91 Å². The van der Waals surface area contributed by atoms with E-state index in [0.29, 0.717) is 31.0 Å². The summed E-state index contributed by atoms with van der Waals surface area (Å²) in [5, 5.41) is 0.946. The Bertz CT molecular complexity index is 815. The van der Waals surface area contributed by atoms with Crippen molar-refractivity contribution in [2.45, 2.75) is 31.7 Å². The lowest BCUT2D eigenvalue weighted by atomic mass is 9.83. The topological polar surface area (TPSA) is 79.8 Å². The molecular weight excluding hydrogens is 330 g/mol. The van der Waals surface area contributed by atoms with Crippen molar-refractivity contribution < 1.29 is 14.0 Å².